The minimum absolute atomic E-state index is 0.0116. The Bertz CT molecular complexity index is 889. The first-order valence-electron chi connectivity index (χ1n) is 9.31. The highest BCUT2D eigenvalue weighted by Crippen LogP contribution is 2.21. The number of nitrogens with one attached hydrogen (secondary N) is 1. The van der Waals surface area contributed by atoms with Crippen LogP contribution < -0.4 is 10.9 Å². The van der Waals surface area contributed by atoms with Crippen molar-refractivity contribution in [3.05, 3.63) is 46.2 Å². The SMILES string of the molecule is C=CCn1c(SCC(=O)NC2CCCCCC2)nc2ccc(Cl)cc2c1=O. The van der Waals surface area contributed by atoms with E-state index in [4.69, 9.17) is 11.6 Å². The molecule has 27 heavy (non-hydrogen) atoms. The third kappa shape index (κ3) is 5.14. The number of amides is 1. The minimum Gasteiger partial charge on any atom is -0.353 e. The van der Waals surface area contributed by atoms with Crippen LogP contribution in [0.3, 0.4) is 0 Å². The van der Waals surface area contributed by atoms with Crippen LogP contribution in [0.25, 0.3) is 10.9 Å². The van der Waals surface area contributed by atoms with Crippen LogP contribution in [0.4, 0.5) is 0 Å². The van der Waals surface area contributed by atoms with E-state index in [1.165, 1.54) is 42.0 Å². The molecule has 1 N–H and O–H groups in total. The second-order valence-corrected chi connectivity index (χ2v) is 8.18. The zero-order valence-corrected chi connectivity index (χ0v) is 16.8. The maximum Gasteiger partial charge on any atom is 0.262 e. The van der Waals surface area contributed by atoms with Gasteiger partial charge in [0.15, 0.2) is 5.16 Å². The van der Waals surface area contributed by atoms with Gasteiger partial charge in [0.05, 0.1) is 16.7 Å². The first-order valence-corrected chi connectivity index (χ1v) is 10.7. The van der Waals surface area contributed by atoms with Crippen molar-refractivity contribution in [3.8, 4) is 0 Å². The lowest BCUT2D eigenvalue weighted by Crippen LogP contribution is -2.35. The van der Waals surface area contributed by atoms with Gasteiger partial charge in [-0.25, -0.2) is 4.98 Å². The summed E-state index contributed by atoms with van der Waals surface area (Å²) < 4.78 is 1.54. The number of hydrogen-bond donors (Lipinski definition) is 1. The largest absolute Gasteiger partial charge is 0.353 e. The number of hydrogen-bond acceptors (Lipinski definition) is 4. The molecule has 0 unspecified atom stereocenters. The number of benzene rings is 1. The summed E-state index contributed by atoms with van der Waals surface area (Å²) in [5.41, 5.74) is 0.408. The number of allylic oxidation sites excluding steroid dienone is 1. The van der Waals surface area contributed by atoms with Crippen molar-refractivity contribution in [1.29, 1.82) is 0 Å². The fourth-order valence-corrected chi connectivity index (χ4v) is 4.39. The molecular formula is C20H24ClN3O2S. The highest BCUT2D eigenvalue weighted by Gasteiger charge is 2.17. The van der Waals surface area contributed by atoms with Crippen LogP contribution in [-0.4, -0.2) is 27.3 Å². The van der Waals surface area contributed by atoms with Crippen molar-refractivity contribution in [3.63, 3.8) is 0 Å². The molecule has 1 aliphatic rings. The molecule has 2 aromatic rings. The van der Waals surface area contributed by atoms with Gasteiger partial charge in [-0.15, -0.1) is 6.58 Å². The van der Waals surface area contributed by atoms with E-state index in [1.54, 1.807) is 24.3 Å². The normalized spacial score (nSPS) is 15.4. The molecule has 0 aliphatic heterocycles. The molecule has 1 aliphatic carbocycles. The van der Waals surface area contributed by atoms with Crippen LogP contribution in [0.5, 0.6) is 0 Å². The van der Waals surface area contributed by atoms with Crippen molar-refractivity contribution in [2.75, 3.05) is 5.75 Å². The van der Waals surface area contributed by atoms with Gasteiger partial charge in [0.2, 0.25) is 5.91 Å². The zero-order valence-electron chi connectivity index (χ0n) is 15.2. The van der Waals surface area contributed by atoms with Crippen LogP contribution in [0.1, 0.15) is 38.5 Å². The number of halogens is 1. The lowest BCUT2D eigenvalue weighted by molar-refractivity contribution is -0.119. The maximum atomic E-state index is 12.8. The molecule has 144 valence electrons. The molecule has 0 bridgehead atoms. The highest BCUT2D eigenvalue weighted by atomic mass is 35.5. The van der Waals surface area contributed by atoms with Crippen molar-refractivity contribution < 1.29 is 4.79 Å². The Morgan fingerprint density at radius 1 is 1.33 bits per heavy atom. The Kier molecular flexibility index (Phi) is 6.96. The van der Waals surface area contributed by atoms with Gasteiger partial charge in [0.1, 0.15) is 0 Å². The number of nitrogens with zero attached hydrogens (tertiary/aromatic N) is 2. The van der Waals surface area contributed by atoms with Crippen LogP contribution >= 0.6 is 23.4 Å². The molecular weight excluding hydrogens is 382 g/mol. The highest BCUT2D eigenvalue weighted by molar-refractivity contribution is 7.99. The fraction of sp³-hybridized carbons (Fsp3) is 0.450. The summed E-state index contributed by atoms with van der Waals surface area (Å²) in [6.45, 7) is 4.05. The molecule has 0 spiro atoms. The van der Waals surface area contributed by atoms with Gasteiger partial charge in [0, 0.05) is 17.6 Å². The number of fused-ring (bicyclic) bond motifs is 1. The first kappa shape index (κ1) is 20.0. The summed E-state index contributed by atoms with van der Waals surface area (Å²) in [4.78, 5) is 29.7. The lowest BCUT2D eigenvalue weighted by Gasteiger charge is -2.16. The van der Waals surface area contributed by atoms with Crippen LogP contribution in [0.15, 0.2) is 40.8 Å². The molecule has 0 saturated heterocycles. The molecule has 0 atom stereocenters. The molecule has 5 nitrogen and oxygen atoms in total. The smallest absolute Gasteiger partial charge is 0.262 e. The predicted molar refractivity (Wildman–Crippen MR) is 112 cm³/mol. The molecule has 1 fully saturated rings. The molecule has 1 aromatic heterocycles. The molecule has 3 rings (SSSR count). The quantitative estimate of drug-likeness (QED) is 0.339. The van der Waals surface area contributed by atoms with Crippen molar-refractivity contribution in [1.82, 2.24) is 14.9 Å². The summed E-state index contributed by atoms with van der Waals surface area (Å²) >= 11 is 7.29. The molecule has 0 radical (unpaired) electrons. The Morgan fingerprint density at radius 3 is 2.78 bits per heavy atom. The van der Waals surface area contributed by atoms with Gasteiger partial charge < -0.3 is 5.32 Å². The number of aromatic nitrogens is 2. The lowest BCUT2D eigenvalue weighted by atomic mass is 10.1. The number of thioether (sulfide) groups is 1. The Labute approximate surface area is 168 Å². The zero-order chi connectivity index (χ0) is 19.2. The molecule has 1 aromatic carbocycles. The van der Waals surface area contributed by atoms with Gasteiger partial charge in [-0.3, -0.25) is 14.2 Å². The van der Waals surface area contributed by atoms with E-state index in [2.05, 4.69) is 16.9 Å². The van der Waals surface area contributed by atoms with Crippen molar-refractivity contribution in [2.45, 2.75) is 56.3 Å². The number of carbonyl (C=O) groups excluding carboxylic acids is 1. The molecule has 1 amide bonds. The van der Waals surface area contributed by atoms with Crippen LogP contribution in [-0.2, 0) is 11.3 Å². The van der Waals surface area contributed by atoms with Gasteiger partial charge >= 0.3 is 0 Å². The van der Waals surface area contributed by atoms with Gasteiger partial charge in [0.25, 0.3) is 5.56 Å². The van der Waals surface area contributed by atoms with E-state index in [9.17, 15) is 9.59 Å². The number of carbonyl (C=O) groups is 1. The van der Waals surface area contributed by atoms with E-state index in [0.717, 1.165) is 12.8 Å². The summed E-state index contributed by atoms with van der Waals surface area (Å²) in [6.07, 6.45) is 8.59. The van der Waals surface area contributed by atoms with E-state index in [1.807, 2.05) is 0 Å². The van der Waals surface area contributed by atoms with Gasteiger partial charge in [-0.05, 0) is 31.0 Å². The first-order chi connectivity index (χ1) is 13.1. The Hall–Kier alpha value is -1.79. The summed E-state index contributed by atoms with van der Waals surface area (Å²) in [5.74, 6) is 0.224. The van der Waals surface area contributed by atoms with Crippen LogP contribution in [0.2, 0.25) is 5.02 Å². The van der Waals surface area contributed by atoms with E-state index < -0.39 is 0 Å². The third-order valence-corrected chi connectivity index (χ3v) is 5.96. The Balaban J connectivity index is 1.76. The monoisotopic (exact) mass is 405 g/mol. The van der Waals surface area contributed by atoms with E-state index in [-0.39, 0.29) is 23.3 Å². The summed E-state index contributed by atoms with van der Waals surface area (Å²) in [7, 11) is 0. The maximum absolute atomic E-state index is 12.8. The average Bonchev–Trinajstić information content (AvgIpc) is 2.92. The van der Waals surface area contributed by atoms with E-state index in [0.29, 0.717) is 27.6 Å². The van der Waals surface area contributed by atoms with E-state index >= 15 is 0 Å². The van der Waals surface area contributed by atoms with Crippen molar-refractivity contribution >= 4 is 40.2 Å². The third-order valence-electron chi connectivity index (χ3n) is 4.75. The van der Waals surface area contributed by atoms with Crippen LogP contribution in [0, 0.1) is 0 Å². The second-order valence-electron chi connectivity index (χ2n) is 6.80. The predicted octanol–water partition coefficient (Wildman–Crippen LogP) is 4.17. The molecule has 1 saturated carbocycles. The second kappa shape index (κ2) is 9.42. The van der Waals surface area contributed by atoms with Gasteiger partial charge in [-0.2, -0.15) is 0 Å². The molecule has 7 heteroatoms. The number of rotatable bonds is 6. The summed E-state index contributed by atoms with van der Waals surface area (Å²) in [6, 6.07) is 5.33. The van der Waals surface area contributed by atoms with Crippen molar-refractivity contribution in [2.24, 2.45) is 0 Å². The topological polar surface area (TPSA) is 64.0 Å². The van der Waals surface area contributed by atoms with Gasteiger partial charge in [-0.1, -0.05) is 55.1 Å². The standard InChI is InChI=1S/C20H24ClN3O2S/c1-2-11-24-19(26)16-12-14(21)9-10-17(16)23-20(24)27-13-18(25)22-15-7-5-3-4-6-8-15/h2,9-10,12,15H,1,3-8,11,13H2,(H,22,25). The Morgan fingerprint density at radius 2 is 2.07 bits per heavy atom. The summed E-state index contributed by atoms with van der Waals surface area (Å²) in [5, 5.41) is 4.61. The minimum atomic E-state index is -0.172. The fourth-order valence-electron chi connectivity index (χ4n) is 3.40. The average molecular weight is 406 g/mol. The molecule has 1 heterocycles.